The van der Waals surface area contributed by atoms with Gasteiger partial charge >= 0.3 is 0 Å². The fraction of sp³-hybridized carbons (Fsp3) is 0.345. The summed E-state index contributed by atoms with van der Waals surface area (Å²) in [5, 5.41) is 1.33. The average molecular weight is 446 g/mol. The van der Waals surface area contributed by atoms with Crippen molar-refractivity contribution in [1.82, 2.24) is 0 Å². The molecule has 0 saturated carbocycles. The second kappa shape index (κ2) is 11.4. The van der Waals surface area contributed by atoms with Crippen molar-refractivity contribution in [2.75, 3.05) is 7.05 Å². The Bertz CT molecular complexity index is 1030. The molecule has 0 aliphatic carbocycles. The van der Waals surface area contributed by atoms with Crippen molar-refractivity contribution in [2.45, 2.75) is 58.2 Å². The number of ether oxygens (including phenoxy) is 1. The maximum Gasteiger partial charge on any atom is 0.127 e. The summed E-state index contributed by atoms with van der Waals surface area (Å²) in [6.07, 6.45) is 4.10. The molecule has 3 heteroatoms. The Labute approximate surface area is 195 Å². The minimum absolute atomic E-state index is 0.0207. The van der Waals surface area contributed by atoms with Crippen LogP contribution in [0.1, 0.15) is 68.7 Å². The van der Waals surface area contributed by atoms with Crippen LogP contribution in [0.25, 0.3) is 0 Å². The van der Waals surface area contributed by atoms with E-state index in [1.807, 2.05) is 19.3 Å². The quantitative estimate of drug-likeness (QED) is 0.234. The molecular weight excluding hydrogens is 409 g/mol. The van der Waals surface area contributed by atoms with Crippen LogP contribution in [0.2, 0.25) is 0 Å². The molecule has 3 aromatic carbocycles. The third-order valence-electron chi connectivity index (χ3n) is 6.36. The molecule has 2 nitrogen and oxygen atoms in total. The minimum atomic E-state index is -0.0207. The standard InChI is InChI=1S/C29H36NOP/c1-6-22(3)25-17-13-18-26(28(25)31-21-23-14-9-8-10-15-23)29(4,7-2)32-27-19-12-11-16-24(27)20-30-5/h8-20,22,32H,6-7,21H2,1-5H3. The lowest BCUT2D eigenvalue weighted by molar-refractivity contribution is 0.294. The summed E-state index contributed by atoms with van der Waals surface area (Å²) in [5.74, 6) is 1.52. The molecule has 0 aliphatic heterocycles. The zero-order valence-corrected chi connectivity index (χ0v) is 21.1. The number of nitrogens with zero attached hydrogens (tertiary/aromatic N) is 1. The highest BCUT2D eigenvalue weighted by Crippen LogP contribution is 2.49. The fourth-order valence-electron chi connectivity index (χ4n) is 3.99. The van der Waals surface area contributed by atoms with E-state index >= 15 is 0 Å². The zero-order chi connectivity index (χ0) is 23.0. The van der Waals surface area contributed by atoms with E-state index in [-0.39, 0.29) is 5.16 Å². The monoisotopic (exact) mass is 445 g/mol. The number of hydrogen-bond donors (Lipinski definition) is 0. The Morgan fingerprint density at radius 1 is 0.969 bits per heavy atom. The summed E-state index contributed by atoms with van der Waals surface area (Å²) in [5.41, 5.74) is 5.03. The van der Waals surface area contributed by atoms with Crippen LogP contribution in [0.3, 0.4) is 0 Å². The van der Waals surface area contributed by atoms with Crippen molar-refractivity contribution in [2.24, 2.45) is 4.99 Å². The number of rotatable bonds is 10. The lowest BCUT2D eigenvalue weighted by Gasteiger charge is -2.33. The minimum Gasteiger partial charge on any atom is -0.488 e. The predicted molar refractivity (Wildman–Crippen MR) is 141 cm³/mol. The van der Waals surface area contributed by atoms with Crippen LogP contribution < -0.4 is 10.0 Å². The molecule has 0 fully saturated rings. The molecule has 0 N–H and O–H groups in total. The van der Waals surface area contributed by atoms with Crippen LogP contribution in [0.5, 0.6) is 5.75 Å². The first-order chi connectivity index (χ1) is 15.5. The number of aliphatic imine (C=N–C) groups is 1. The van der Waals surface area contributed by atoms with Crippen LogP contribution in [-0.2, 0) is 11.8 Å². The van der Waals surface area contributed by atoms with Crippen LogP contribution >= 0.6 is 8.58 Å². The highest BCUT2D eigenvalue weighted by molar-refractivity contribution is 7.48. The molecule has 0 saturated heterocycles. The Balaban J connectivity index is 2.05. The molecule has 3 unspecified atom stereocenters. The summed E-state index contributed by atoms with van der Waals surface area (Å²) in [6, 6.07) is 25.8. The fourth-order valence-corrected chi connectivity index (χ4v) is 5.57. The molecule has 168 valence electrons. The first-order valence-corrected chi connectivity index (χ1v) is 12.6. The molecule has 3 atom stereocenters. The van der Waals surface area contributed by atoms with Crippen LogP contribution in [-0.4, -0.2) is 13.3 Å². The molecule has 0 bridgehead atoms. The van der Waals surface area contributed by atoms with Gasteiger partial charge in [-0.3, -0.25) is 4.99 Å². The molecular formula is C29H36NOP. The van der Waals surface area contributed by atoms with Gasteiger partial charge in [0.25, 0.3) is 0 Å². The second-order valence-corrected chi connectivity index (χ2v) is 10.5. The van der Waals surface area contributed by atoms with Crippen molar-refractivity contribution >= 4 is 20.1 Å². The van der Waals surface area contributed by atoms with Gasteiger partial charge in [-0.25, -0.2) is 0 Å². The van der Waals surface area contributed by atoms with E-state index in [0.717, 1.165) is 18.6 Å². The van der Waals surface area contributed by atoms with Gasteiger partial charge in [0, 0.05) is 24.0 Å². The molecule has 0 aromatic heterocycles. The number of para-hydroxylation sites is 1. The van der Waals surface area contributed by atoms with Gasteiger partial charge < -0.3 is 4.74 Å². The van der Waals surface area contributed by atoms with E-state index in [2.05, 4.69) is 99.4 Å². The van der Waals surface area contributed by atoms with Gasteiger partial charge in [0.15, 0.2) is 0 Å². The van der Waals surface area contributed by atoms with Gasteiger partial charge in [0.05, 0.1) is 0 Å². The summed E-state index contributed by atoms with van der Waals surface area (Å²) in [7, 11) is 2.46. The summed E-state index contributed by atoms with van der Waals surface area (Å²) in [6.45, 7) is 9.81. The Hall–Kier alpha value is -2.44. The van der Waals surface area contributed by atoms with E-state index < -0.39 is 0 Å². The number of benzene rings is 3. The Kier molecular flexibility index (Phi) is 8.65. The molecule has 0 amide bonds. The predicted octanol–water partition coefficient (Wildman–Crippen LogP) is 7.46. The molecule has 0 heterocycles. The lowest BCUT2D eigenvalue weighted by atomic mass is 9.89. The van der Waals surface area contributed by atoms with Crippen LogP contribution in [0.4, 0.5) is 0 Å². The van der Waals surface area contributed by atoms with Crippen LogP contribution in [0.15, 0.2) is 77.8 Å². The van der Waals surface area contributed by atoms with E-state index in [9.17, 15) is 0 Å². The first-order valence-electron chi connectivity index (χ1n) is 11.6. The third kappa shape index (κ3) is 5.67. The van der Waals surface area contributed by atoms with Gasteiger partial charge in [0.2, 0.25) is 0 Å². The van der Waals surface area contributed by atoms with Gasteiger partial charge in [-0.1, -0.05) is 109 Å². The highest BCUT2D eigenvalue weighted by atomic mass is 31.1. The molecule has 32 heavy (non-hydrogen) atoms. The van der Waals surface area contributed by atoms with Crippen molar-refractivity contribution in [3.05, 3.63) is 95.1 Å². The normalized spacial score (nSPS) is 14.7. The van der Waals surface area contributed by atoms with Crippen molar-refractivity contribution in [3.63, 3.8) is 0 Å². The van der Waals surface area contributed by atoms with Crippen LogP contribution in [0, 0.1) is 0 Å². The second-order valence-electron chi connectivity index (χ2n) is 8.59. The highest BCUT2D eigenvalue weighted by Gasteiger charge is 2.31. The summed E-state index contributed by atoms with van der Waals surface area (Å²) in [4.78, 5) is 4.28. The molecule has 3 rings (SSSR count). The number of hydrogen-bond acceptors (Lipinski definition) is 2. The third-order valence-corrected chi connectivity index (χ3v) is 8.26. The Morgan fingerprint density at radius 3 is 2.38 bits per heavy atom. The van der Waals surface area contributed by atoms with Gasteiger partial charge in [-0.2, -0.15) is 0 Å². The average Bonchev–Trinajstić information content (AvgIpc) is 2.84. The Morgan fingerprint density at radius 2 is 1.69 bits per heavy atom. The van der Waals surface area contributed by atoms with Crippen molar-refractivity contribution in [3.8, 4) is 5.75 Å². The van der Waals surface area contributed by atoms with E-state index in [0.29, 0.717) is 21.1 Å². The van der Waals surface area contributed by atoms with Crippen molar-refractivity contribution in [1.29, 1.82) is 0 Å². The van der Waals surface area contributed by atoms with E-state index in [1.54, 1.807) is 0 Å². The molecule has 0 spiro atoms. The van der Waals surface area contributed by atoms with E-state index in [4.69, 9.17) is 4.74 Å². The maximum absolute atomic E-state index is 6.62. The van der Waals surface area contributed by atoms with E-state index in [1.165, 1.54) is 27.6 Å². The van der Waals surface area contributed by atoms with Gasteiger partial charge in [-0.15, -0.1) is 0 Å². The lowest BCUT2D eigenvalue weighted by Crippen LogP contribution is -2.22. The largest absolute Gasteiger partial charge is 0.488 e. The smallest absolute Gasteiger partial charge is 0.127 e. The zero-order valence-electron chi connectivity index (χ0n) is 20.1. The topological polar surface area (TPSA) is 21.6 Å². The molecule has 0 radical (unpaired) electrons. The maximum atomic E-state index is 6.62. The molecule has 0 aliphatic rings. The van der Waals surface area contributed by atoms with Gasteiger partial charge in [-0.05, 0) is 40.8 Å². The van der Waals surface area contributed by atoms with Crippen molar-refractivity contribution < 1.29 is 4.74 Å². The molecule has 3 aromatic rings. The summed E-state index contributed by atoms with van der Waals surface area (Å²) < 4.78 is 6.62. The SMILES string of the molecule is CCC(C)c1cccc(C(C)(CC)Pc2ccccc2C=NC)c1OCc1ccccc1. The first kappa shape index (κ1) is 24.2. The summed E-state index contributed by atoms with van der Waals surface area (Å²) >= 11 is 0. The van der Waals surface area contributed by atoms with Gasteiger partial charge in [0.1, 0.15) is 12.4 Å².